The van der Waals surface area contributed by atoms with E-state index in [2.05, 4.69) is 10.3 Å². The highest BCUT2D eigenvalue weighted by Crippen LogP contribution is 2.21. The van der Waals surface area contributed by atoms with Gasteiger partial charge in [0, 0.05) is 26.4 Å². The fourth-order valence-corrected chi connectivity index (χ4v) is 3.01. The number of hydrogen-bond acceptors (Lipinski definition) is 5. The Kier molecular flexibility index (Phi) is 5.68. The Hall–Kier alpha value is -2.67. The van der Waals surface area contributed by atoms with Gasteiger partial charge in [-0.15, -0.1) is 0 Å². The van der Waals surface area contributed by atoms with E-state index in [9.17, 15) is 9.59 Å². The minimum Gasteiger partial charge on any atom is -0.453 e. The van der Waals surface area contributed by atoms with Crippen molar-refractivity contribution < 1.29 is 18.7 Å². The molecule has 2 aromatic heterocycles. The molecular formula is C19H23N3O4. The van der Waals surface area contributed by atoms with Gasteiger partial charge in [-0.2, -0.15) is 0 Å². The summed E-state index contributed by atoms with van der Waals surface area (Å²) in [5.74, 6) is 0.839. The number of ether oxygens (including phenoxy) is 1. The number of amides is 2. The van der Waals surface area contributed by atoms with Crippen molar-refractivity contribution in [3.63, 3.8) is 0 Å². The molecule has 1 aliphatic rings. The van der Waals surface area contributed by atoms with Crippen molar-refractivity contribution in [1.29, 1.82) is 0 Å². The number of carbonyl (C=O) groups excluding carboxylic acids is 2. The number of aryl methyl sites for hydroxylation is 1. The van der Waals surface area contributed by atoms with Gasteiger partial charge in [0.05, 0.1) is 5.92 Å². The van der Waals surface area contributed by atoms with Crippen LogP contribution in [0.25, 0.3) is 0 Å². The average Bonchev–Trinajstić information content (AvgIpc) is 3.12. The molecule has 2 amide bonds. The molecule has 0 saturated carbocycles. The van der Waals surface area contributed by atoms with Crippen molar-refractivity contribution in [3.05, 3.63) is 47.5 Å². The molecular weight excluding hydrogens is 334 g/mol. The number of likely N-dealkylation sites (tertiary alicyclic amines) is 1. The van der Waals surface area contributed by atoms with Crippen molar-refractivity contribution in [1.82, 2.24) is 9.88 Å². The number of rotatable bonds is 5. The van der Waals surface area contributed by atoms with Crippen molar-refractivity contribution in [2.75, 3.05) is 25.5 Å². The number of methoxy groups -OCH3 is 1. The molecule has 7 heteroatoms. The van der Waals surface area contributed by atoms with Gasteiger partial charge in [-0.25, -0.2) is 4.98 Å². The molecule has 0 radical (unpaired) electrons. The maximum absolute atomic E-state index is 12.6. The van der Waals surface area contributed by atoms with Crippen LogP contribution in [0.1, 0.15) is 34.7 Å². The Morgan fingerprint density at radius 2 is 2.19 bits per heavy atom. The molecule has 1 aliphatic heterocycles. The minimum absolute atomic E-state index is 0.113. The van der Waals surface area contributed by atoms with Gasteiger partial charge in [0.1, 0.15) is 18.2 Å². The number of furan rings is 1. The first-order valence-electron chi connectivity index (χ1n) is 8.67. The van der Waals surface area contributed by atoms with Crippen molar-refractivity contribution in [3.8, 4) is 0 Å². The van der Waals surface area contributed by atoms with Crippen LogP contribution in [0.15, 0.2) is 34.9 Å². The topological polar surface area (TPSA) is 84.7 Å². The quantitative estimate of drug-likeness (QED) is 0.889. The molecule has 0 spiro atoms. The molecule has 0 aliphatic carbocycles. The zero-order chi connectivity index (χ0) is 18.5. The van der Waals surface area contributed by atoms with Crippen LogP contribution in [-0.4, -0.2) is 41.9 Å². The molecule has 1 fully saturated rings. The molecule has 0 bridgehead atoms. The van der Waals surface area contributed by atoms with E-state index in [1.165, 1.54) is 0 Å². The van der Waals surface area contributed by atoms with Gasteiger partial charge in [-0.3, -0.25) is 9.59 Å². The Morgan fingerprint density at radius 1 is 1.35 bits per heavy atom. The Balaban J connectivity index is 1.61. The summed E-state index contributed by atoms with van der Waals surface area (Å²) in [6.07, 6.45) is 3.23. The third-order valence-corrected chi connectivity index (χ3v) is 4.40. The predicted octanol–water partition coefficient (Wildman–Crippen LogP) is 2.62. The lowest BCUT2D eigenvalue weighted by molar-refractivity contribution is -0.121. The molecule has 138 valence electrons. The fraction of sp³-hybridized carbons (Fsp3) is 0.421. The van der Waals surface area contributed by atoms with E-state index in [0.717, 1.165) is 18.4 Å². The van der Waals surface area contributed by atoms with Crippen LogP contribution in [0.2, 0.25) is 0 Å². The molecule has 1 saturated heterocycles. The highest BCUT2D eigenvalue weighted by Gasteiger charge is 2.30. The zero-order valence-electron chi connectivity index (χ0n) is 15.0. The van der Waals surface area contributed by atoms with Crippen LogP contribution < -0.4 is 5.32 Å². The van der Waals surface area contributed by atoms with Crippen LogP contribution in [0, 0.1) is 12.8 Å². The molecule has 1 unspecified atom stereocenters. The maximum Gasteiger partial charge on any atom is 0.289 e. The molecule has 2 aromatic rings. The number of nitrogens with zero attached hydrogens (tertiary/aromatic N) is 2. The van der Waals surface area contributed by atoms with Gasteiger partial charge in [-0.05, 0) is 43.5 Å². The van der Waals surface area contributed by atoms with Gasteiger partial charge in [-0.1, -0.05) is 6.07 Å². The average molecular weight is 357 g/mol. The third kappa shape index (κ3) is 4.29. The third-order valence-electron chi connectivity index (χ3n) is 4.40. The summed E-state index contributed by atoms with van der Waals surface area (Å²) in [7, 11) is 1.57. The lowest BCUT2D eigenvalue weighted by Crippen LogP contribution is -2.43. The van der Waals surface area contributed by atoms with E-state index in [1.807, 2.05) is 13.0 Å². The number of nitrogens with one attached hydrogen (secondary N) is 1. The normalized spacial score (nSPS) is 17.2. The second-order valence-electron chi connectivity index (χ2n) is 6.50. The van der Waals surface area contributed by atoms with Crippen molar-refractivity contribution in [2.45, 2.75) is 26.4 Å². The highest BCUT2D eigenvalue weighted by atomic mass is 16.5. The summed E-state index contributed by atoms with van der Waals surface area (Å²) in [6.45, 7) is 3.25. The van der Waals surface area contributed by atoms with E-state index >= 15 is 0 Å². The van der Waals surface area contributed by atoms with Gasteiger partial charge in [0.25, 0.3) is 5.91 Å². The first-order valence-corrected chi connectivity index (χ1v) is 8.67. The largest absolute Gasteiger partial charge is 0.453 e. The number of piperidine rings is 1. The molecule has 3 rings (SSSR count). The molecule has 26 heavy (non-hydrogen) atoms. The lowest BCUT2D eigenvalue weighted by Gasteiger charge is -2.31. The van der Waals surface area contributed by atoms with Gasteiger partial charge >= 0.3 is 0 Å². The van der Waals surface area contributed by atoms with E-state index in [4.69, 9.17) is 9.15 Å². The smallest absolute Gasteiger partial charge is 0.289 e. The van der Waals surface area contributed by atoms with E-state index in [1.54, 1.807) is 36.4 Å². The summed E-state index contributed by atoms with van der Waals surface area (Å²) in [5.41, 5.74) is 1.03. The first kappa shape index (κ1) is 18.1. The minimum atomic E-state index is -0.260. The van der Waals surface area contributed by atoms with Crippen molar-refractivity contribution >= 4 is 17.6 Å². The molecule has 0 aromatic carbocycles. The summed E-state index contributed by atoms with van der Waals surface area (Å²) in [5, 5.41) is 2.83. The van der Waals surface area contributed by atoms with Gasteiger partial charge < -0.3 is 19.4 Å². The standard InChI is InChI=1S/C19H23N3O4/c1-13-5-8-17(20-10-13)21-18(23)14-4-3-9-22(11-14)19(24)16-7-6-15(26-16)12-25-2/h5-8,10,14H,3-4,9,11-12H2,1-2H3,(H,20,21,23). The zero-order valence-corrected chi connectivity index (χ0v) is 15.0. The number of aromatic nitrogens is 1. The van der Waals surface area contributed by atoms with E-state index < -0.39 is 0 Å². The number of anilines is 1. The maximum atomic E-state index is 12.6. The van der Waals surface area contributed by atoms with E-state index in [-0.39, 0.29) is 23.5 Å². The highest BCUT2D eigenvalue weighted by molar-refractivity contribution is 5.94. The second-order valence-corrected chi connectivity index (χ2v) is 6.50. The fourth-order valence-electron chi connectivity index (χ4n) is 3.01. The van der Waals surface area contributed by atoms with Crippen LogP contribution in [-0.2, 0) is 16.1 Å². The van der Waals surface area contributed by atoms with Gasteiger partial charge in [0.2, 0.25) is 5.91 Å². The Morgan fingerprint density at radius 3 is 2.92 bits per heavy atom. The monoisotopic (exact) mass is 357 g/mol. The first-order chi connectivity index (χ1) is 12.6. The van der Waals surface area contributed by atoms with Crippen LogP contribution in [0.4, 0.5) is 5.82 Å². The Labute approximate surface area is 152 Å². The van der Waals surface area contributed by atoms with E-state index in [0.29, 0.717) is 31.3 Å². The molecule has 1 N–H and O–H groups in total. The molecule has 1 atom stereocenters. The Bertz CT molecular complexity index is 769. The van der Waals surface area contributed by atoms with Crippen LogP contribution >= 0.6 is 0 Å². The predicted molar refractivity (Wildman–Crippen MR) is 95.7 cm³/mol. The lowest BCUT2D eigenvalue weighted by atomic mass is 9.97. The summed E-state index contributed by atoms with van der Waals surface area (Å²) in [6, 6.07) is 7.05. The number of pyridine rings is 1. The summed E-state index contributed by atoms with van der Waals surface area (Å²) in [4.78, 5) is 31.0. The summed E-state index contributed by atoms with van der Waals surface area (Å²) < 4.78 is 10.5. The number of carbonyl (C=O) groups is 2. The molecule has 7 nitrogen and oxygen atoms in total. The van der Waals surface area contributed by atoms with Gasteiger partial charge in [0.15, 0.2) is 5.76 Å². The van der Waals surface area contributed by atoms with Crippen molar-refractivity contribution in [2.24, 2.45) is 5.92 Å². The number of hydrogen-bond donors (Lipinski definition) is 1. The van der Waals surface area contributed by atoms with Crippen LogP contribution in [0.3, 0.4) is 0 Å². The second kappa shape index (κ2) is 8.14. The summed E-state index contributed by atoms with van der Waals surface area (Å²) >= 11 is 0. The SMILES string of the molecule is COCc1ccc(C(=O)N2CCCC(C(=O)Nc3ccc(C)cn3)C2)o1. The van der Waals surface area contributed by atoms with Crippen LogP contribution in [0.5, 0.6) is 0 Å². The molecule has 3 heterocycles.